The van der Waals surface area contributed by atoms with Crippen molar-refractivity contribution in [2.75, 3.05) is 27.9 Å². The van der Waals surface area contributed by atoms with Crippen LogP contribution in [0.1, 0.15) is 61.8 Å². The van der Waals surface area contributed by atoms with E-state index in [9.17, 15) is 34.2 Å². The Hall–Kier alpha value is -3.01. The van der Waals surface area contributed by atoms with Crippen LogP contribution in [0.25, 0.3) is 0 Å². The summed E-state index contributed by atoms with van der Waals surface area (Å²) in [5.41, 5.74) is -3.04. The van der Waals surface area contributed by atoms with Gasteiger partial charge in [0, 0.05) is 38.2 Å². The number of carbonyl (C=O) groups excluding carboxylic acids is 5. The van der Waals surface area contributed by atoms with Gasteiger partial charge >= 0.3 is 29.8 Å². The van der Waals surface area contributed by atoms with Gasteiger partial charge in [-0.15, -0.1) is 0 Å². The summed E-state index contributed by atoms with van der Waals surface area (Å²) in [6.07, 6.45) is -11.9. The molecule has 332 valence electrons. The van der Waals surface area contributed by atoms with Crippen LogP contribution in [0, 0.1) is 40.9 Å². The lowest BCUT2D eigenvalue weighted by atomic mass is 9.54. The number of esters is 5. The number of rotatable bonds is 13. The fourth-order valence-electron chi connectivity index (χ4n) is 11.2. The zero-order valence-electron chi connectivity index (χ0n) is 35.2. The second kappa shape index (κ2) is 15.7. The van der Waals surface area contributed by atoms with Crippen molar-refractivity contribution in [2.24, 2.45) is 40.9 Å². The molecule has 3 aliphatic carbocycles. The van der Waals surface area contributed by atoms with Gasteiger partial charge in [-0.1, -0.05) is 20.8 Å². The van der Waals surface area contributed by atoms with Gasteiger partial charge in [-0.3, -0.25) is 24.0 Å². The third-order valence-corrected chi connectivity index (χ3v) is 14.3. The minimum atomic E-state index is -1.40. The van der Waals surface area contributed by atoms with Crippen molar-refractivity contribution in [1.82, 2.24) is 0 Å². The van der Waals surface area contributed by atoms with Crippen LogP contribution in [0.2, 0.25) is 0 Å². The van der Waals surface area contributed by atoms with Gasteiger partial charge in [0.15, 0.2) is 18.7 Å². The Morgan fingerprint density at radius 2 is 1.39 bits per heavy atom. The normalized spacial score (nSPS) is 50.5. The number of hydrogen-bond acceptors (Lipinski definition) is 19. The molecule has 7 rings (SSSR count). The molecule has 0 aromatic heterocycles. The van der Waals surface area contributed by atoms with Gasteiger partial charge in [0.2, 0.25) is 0 Å². The molecule has 7 aliphatic rings. The van der Waals surface area contributed by atoms with Gasteiger partial charge in [-0.05, 0) is 27.2 Å². The molecule has 19 nitrogen and oxygen atoms in total. The summed E-state index contributed by atoms with van der Waals surface area (Å²) in [6.45, 7) is 12.6. The molecule has 2 N–H and O–H groups in total. The van der Waals surface area contributed by atoms with E-state index >= 15 is 0 Å². The molecule has 4 heterocycles. The monoisotopic (exact) mass is 842 g/mol. The maximum Gasteiger partial charge on any atom is 0.314 e. The van der Waals surface area contributed by atoms with E-state index in [1.165, 1.54) is 35.2 Å². The summed E-state index contributed by atoms with van der Waals surface area (Å²) in [7, 11) is 3.98. The van der Waals surface area contributed by atoms with E-state index in [-0.39, 0.29) is 5.97 Å². The zero-order chi connectivity index (χ0) is 43.3. The molecule has 0 aromatic carbocycles. The lowest BCUT2D eigenvalue weighted by Crippen LogP contribution is -2.71. The number of fused-ring (bicyclic) bond motifs is 4. The second-order valence-electron chi connectivity index (χ2n) is 17.6. The summed E-state index contributed by atoms with van der Waals surface area (Å²) >= 11 is 0. The fraction of sp³-hybridized carbons (Fsp3) is 0.875. The van der Waals surface area contributed by atoms with Gasteiger partial charge in [0.05, 0.1) is 73.9 Å². The number of carbonyl (C=O) groups is 5. The van der Waals surface area contributed by atoms with Crippen LogP contribution < -0.4 is 0 Å². The first kappa shape index (κ1) is 44.1. The Morgan fingerprint density at radius 1 is 0.746 bits per heavy atom. The fourth-order valence-corrected chi connectivity index (χ4v) is 11.2. The third-order valence-electron chi connectivity index (χ3n) is 14.3. The van der Waals surface area contributed by atoms with Crippen molar-refractivity contribution in [1.29, 1.82) is 0 Å². The van der Waals surface area contributed by atoms with E-state index < -0.39 is 162 Å². The van der Waals surface area contributed by atoms with Crippen LogP contribution in [0.4, 0.5) is 0 Å². The average molecular weight is 843 g/mol. The molecule has 4 aliphatic heterocycles. The molecular weight excluding hydrogens is 784 g/mol. The van der Waals surface area contributed by atoms with E-state index in [1.807, 2.05) is 20.8 Å². The molecule has 7 fully saturated rings. The molecule has 4 saturated heterocycles. The van der Waals surface area contributed by atoms with E-state index in [2.05, 4.69) is 0 Å². The van der Waals surface area contributed by atoms with Crippen LogP contribution in [0.5, 0.6) is 0 Å². The number of cyclic esters (lactones) is 1. The zero-order valence-corrected chi connectivity index (χ0v) is 35.2. The van der Waals surface area contributed by atoms with Gasteiger partial charge in [0.25, 0.3) is 0 Å². The largest absolute Gasteiger partial charge is 0.469 e. The van der Waals surface area contributed by atoms with Gasteiger partial charge in [-0.2, -0.15) is 0 Å². The van der Waals surface area contributed by atoms with Crippen molar-refractivity contribution in [3.8, 4) is 0 Å². The number of aliphatic hydroxyl groups is 2. The second-order valence-corrected chi connectivity index (χ2v) is 17.6. The number of methoxy groups -OCH3 is 3. The first-order valence-corrected chi connectivity index (χ1v) is 20.3. The molecule has 22 atom stereocenters. The standard InChI is InChI=1S/C40H58O19/c1-12-18-27(25(48-9)15(3)33(45)53-18)55-31-32-38(31,6)30-28(22(35(47)50-11)40(30,8)58-32)57-36-14(2)23(43)26(19(54-36)13-51-16(4)41)56-37-29(52-17(5)42)20-24(44)21(34(46)49-10)39(20,7)59-37/h14-15,18-32,36-37,43-44H,12-13H2,1-11H3. The molecule has 0 radical (unpaired) electrons. The third kappa shape index (κ3) is 6.68. The summed E-state index contributed by atoms with van der Waals surface area (Å²) < 4.78 is 71.6. The Morgan fingerprint density at radius 3 is 1.98 bits per heavy atom. The van der Waals surface area contributed by atoms with Crippen LogP contribution in [-0.2, 0) is 80.8 Å². The van der Waals surface area contributed by atoms with Crippen LogP contribution in [0.3, 0.4) is 0 Å². The Labute approximate surface area is 342 Å². The van der Waals surface area contributed by atoms with Crippen LogP contribution >= 0.6 is 0 Å². The summed E-state index contributed by atoms with van der Waals surface area (Å²) in [5, 5.41) is 23.0. The van der Waals surface area contributed by atoms with Crippen molar-refractivity contribution in [2.45, 2.75) is 153 Å². The maximum absolute atomic E-state index is 13.4. The summed E-state index contributed by atoms with van der Waals surface area (Å²) in [5.74, 6) is -7.75. The predicted octanol–water partition coefficient (Wildman–Crippen LogP) is 0.205. The molecule has 0 bridgehead atoms. The molecule has 3 saturated carbocycles. The first-order valence-electron chi connectivity index (χ1n) is 20.3. The highest BCUT2D eigenvalue weighted by atomic mass is 16.8. The molecule has 59 heavy (non-hydrogen) atoms. The number of ether oxygens (including phenoxy) is 12. The highest BCUT2D eigenvalue weighted by Crippen LogP contribution is 2.75. The van der Waals surface area contributed by atoms with E-state index in [0.29, 0.717) is 6.42 Å². The van der Waals surface area contributed by atoms with Gasteiger partial charge in [-0.25, -0.2) is 0 Å². The quantitative estimate of drug-likeness (QED) is 0.186. The van der Waals surface area contributed by atoms with E-state index in [4.69, 9.17) is 56.8 Å². The summed E-state index contributed by atoms with van der Waals surface area (Å²) in [4.78, 5) is 63.0. The molecule has 0 amide bonds. The minimum Gasteiger partial charge on any atom is -0.469 e. The molecular formula is C40H58O19. The Balaban J connectivity index is 1.12. The highest BCUT2D eigenvalue weighted by molar-refractivity contribution is 5.78. The highest BCUT2D eigenvalue weighted by Gasteiger charge is 2.87. The topological polar surface area (TPSA) is 237 Å². The lowest BCUT2D eigenvalue weighted by Gasteiger charge is -2.58. The predicted molar refractivity (Wildman–Crippen MR) is 193 cm³/mol. The van der Waals surface area contributed by atoms with Crippen LogP contribution in [-0.4, -0.2) is 159 Å². The van der Waals surface area contributed by atoms with Crippen LogP contribution in [0.15, 0.2) is 0 Å². The van der Waals surface area contributed by atoms with Crippen molar-refractivity contribution >= 4 is 29.8 Å². The number of aliphatic hydroxyl groups excluding tert-OH is 2. The molecule has 0 spiro atoms. The first-order chi connectivity index (χ1) is 27.7. The maximum atomic E-state index is 13.4. The Kier molecular flexibility index (Phi) is 11.7. The van der Waals surface area contributed by atoms with E-state index in [1.54, 1.807) is 20.8 Å². The molecule has 0 aromatic rings. The van der Waals surface area contributed by atoms with Gasteiger partial charge < -0.3 is 67.1 Å². The Bertz CT molecular complexity index is 1670. The SMILES string of the molecule is CCC1OC(=O)C(C)C(OC)C1OC1C2OC3(C)C(C(=O)OC)C(OC4OC(COC(C)=O)C(OC5OC6(C)C(C(=O)OC)C(O)C6C5OC(C)=O)C(O)C4C)C3C12C. The van der Waals surface area contributed by atoms with Gasteiger partial charge in [0.1, 0.15) is 42.9 Å². The average Bonchev–Trinajstić information content (AvgIpc) is 3.51. The minimum absolute atomic E-state index is 0.362. The summed E-state index contributed by atoms with van der Waals surface area (Å²) in [6, 6.07) is 0. The lowest BCUT2D eigenvalue weighted by molar-refractivity contribution is -0.355. The smallest absolute Gasteiger partial charge is 0.314 e. The van der Waals surface area contributed by atoms with Crippen molar-refractivity contribution in [3.05, 3.63) is 0 Å². The molecule has 22 unspecified atom stereocenters. The van der Waals surface area contributed by atoms with Crippen molar-refractivity contribution < 1.29 is 91.0 Å². The van der Waals surface area contributed by atoms with E-state index in [0.717, 1.165) is 0 Å². The van der Waals surface area contributed by atoms with Crippen molar-refractivity contribution in [3.63, 3.8) is 0 Å². The number of hydrogen-bond donors (Lipinski definition) is 2. The molecule has 19 heteroatoms.